The van der Waals surface area contributed by atoms with Gasteiger partial charge >= 0.3 is 6.18 Å². The summed E-state index contributed by atoms with van der Waals surface area (Å²) in [7, 11) is 0. The minimum atomic E-state index is -4.47. The Morgan fingerprint density at radius 2 is 2.07 bits per heavy atom. The van der Waals surface area contributed by atoms with Gasteiger partial charge in [-0.25, -0.2) is 9.97 Å². The van der Waals surface area contributed by atoms with Crippen molar-refractivity contribution in [1.82, 2.24) is 25.1 Å². The molecule has 0 aliphatic carbocycles. The molecule has 1 atom stereocenters. The molecule has 2 aromatic heterocycles. The average molecular weight is 416 g/mol. The summed E-state index contributed by atoms with van der Waals surface area (Å²) in [6.45, 7) is 0.495. The lowest BCUT2D eigenvalue weighted by Crippen LogP contribution is -2.39. The zero-order chi connectivity index (χ0) is 21.3. The third-order valence-corrected chi connectivity index (χ3v) is 5.15. The van der Waals surface area contributed by atoms with Gasteiger partial charge in [-0.15, -0.1) is 0 Å². The van der Waals surface area contributed by atoms with Gasteiger partial charge in [-0.05, 0) is 43.0 Å². The Hall–Kier alpha value is -3.43. The number of aromatic nitrogens is 4. The minimum absolute atomic E-state index is 0.000221. The van der Waals surface area contributed by atoms with E-state index in [1.54, 1.807) is 17.0 Å². The molecule has 10 heteroatoms. The number of nitrogen functional groups attached to an aromatic ring is 1. The zero-order valence-electron chi connectivity index (χ0n) is 15.9. The predicted molar refractivity (Wildman–Crippen MR) is 103 cm³/mol. The van der Waals surface area contributed by atoms with Gasteiger partial charge in [-0.1, -0.05) is 12.1 Å². The van der Waals surface area contributed by atoms with Crippen LogP contribution in [0.3, 0.4) is 0 Å². The quantitative estimate of drug-likeness (QED) is 0.676. The monoisotopic (exact) mass is 416 g/mol. The van der Waals surface area contributed by atoms with E-state index in [1.165, 1.54) is 18.5 Å². The topological polar surface area (TPSA) is 101 Å². The third-order valence-electron chi connectivity index (χ3n) is 5.15. The molecular weight excluding hydrogens is 397 g/mol. The van der Waals surface area contributed by atoms with Gasteiger partial charge in [0, 0.05) is 24.5 Å². The fourth-order valence-electron chi connectivity index (χ4n) is 3.74. The summed E-state index contributed by atoms with van der Waals surface area (Å²) in [5.74, 6) is -0.246. The van der Waals surface area contributed by atoms with Crippen LogP contribution in [0, 0.1) is 0 Å². The summed E-state index contributed by atoms with van der Waals surface area (Å²) in [4.78, 5) is 23.0. The molecule has 1 aliphatic heterocycles. The highest BCUT2D eigenvalue weighted by molar-refractivity contribution is 5.92. The first kappa shape index (κ1) is 19.9. The molecule has 1 aromatic carbocycles. The van der Waals surface area contributed by atoms with Crippen molar-refractivity contribution in [3.63, 3.8) is 0 Å². The molecular formula is C20H19F3N6O. The lowest BCUT2D eigenvalue weighted by atomic mass is 9.93. The van der Waals surface area contributed by atoms with Crippen LogP contribution in [0.25, 0.3) is 11.1 Å². The molecule has 7 nitrogen and oxygen atoms in total. The molecule has 1 aliphatic rings. The number of amides is 1. The second-order valence-corrected chi connectivity index (χ2v) is 7.09. The molecule has 30 heavy (non-hydrogen) atoms. The highest BCUT2D eigenvalue weighted by Gasteiger charge is 2.34. The van der Waals surface area contributed by atoms with Crippen LogP contribution in [0.4, 0.5) is 19.1 Å². The Morgan fingerprint density at radius 1 is 1.23 bits per heavy atom. The minimum Gasteiger partial charge on any atom is -0.368 e. The van der Waals surface area contributed by atoms with E-state index in [1.807, 2.05) is 0 Å². The summed E-state index contributed by atoms with van der Waals surface area (Å²) < 4.78 is 39.6. The SMILES string of the molecule is Nc1ncc(-c2cccc(C(F)(F)F)c2)c(C2CCCCN2C(=O)c2ccn[nH]2)n1. The van der Waals surface area contributed by atoms with E-state index in [-0.39, 0.29) is 11.9 Å². The van der Waals surface area contributed by atoms with Crippen molar-refractivity contribution in [1.29, 1.82) is 0 Å². The number of nitrogens with zero attached hydrogens (tertiary/aromatic N) is 4. The number of anilines is 1. The Bertz CT molecular complexity index is 1050. The summed E-state index contributed by atoms with van der Waals surface area (Å²) in [6, 6.07) is 6.11. The molecule has 4 rings (SSSR count). The number of piperidine rings is 1. The van der Waals surface area contributed by atoms with Gasteiger partial charge in [0.1, 0.15) is 5.69 Å². The zero-order valence-corrected chi connectivity index (χ0v) is 15.9. The molecule has 3 aromatic rings. The molecule has 0 radical (unpaired) electrons. The van der Waals surface area contributed by atoms with Crippen LogP contribution in [0.5, 0.6) is 0 Å². The number of benzene rings is 1. The summed E-state index contributed by atoms with van der Waals surface area (Å²) in [6.07, 6.45) is 0.712. The second kappa shape index (κ2) is 7.77. The number of H-pyrrole nitrogens is 1. The Balaban J connectivity index is 1.79. The van der Waals surface area contributed by atoms with Crippen LogP contribution in [-0.4, -0.2) is 37.5 Å². The number of carbonyl (C=O) groups excluding carboxylic acids is 1. The smallest absolute Gasteiger partial charge is 0.368 e. The number of nitrogens with one attached hydrogen (secondary N) is 1. The van der Waals surface area contributed by atoms with Gasteiger partial charge in [0.25, 0.3) is 5.91 Å². The van der Waals surface area contributed by atoms with E-state index in [9.17, 15) is 18.0 Å². The average Bonchev–Trinajstić information content (AvgIpc) is 3.27. The van der Waals surface area contributed by atoms with Crippen molar-refractivity contribution >= 4 is 11.9 Å². The van der Waals surface area contributed by atoms with Gasteiger partial charge in [0.05, 0.1) is 17.3 Å². The van der Waals surface area contributed by atoms with E-state index in [0.717, 1.165) is 25.0 Å². The van der Waals surface area contributed by atoms with E-state index in [4.69, 9.17) is 5.73 Å². The van der Waals surface area contributed by atoms with Crippen LogP contribution >= 0.6 is 0 Å². The van der Waals surface area contributed by atoms with Gasteiger partial charge < -0.3 is 10.6 Å². The molecule has 1 unspecified atom stereocenters. The molecule has 0 spiro atoms. The second-order valence-electron chi connectivity index (χ2n) is 7.09. The molecule has 1 saturated heterocycles. The molecule has 0 saturated carbocycles. The van der Waals surface area contributed by atoms with Gasteiger partial charge in [0.2, 0.25) is 5.95 Å². The van der Waals surface area contributed by atoms with Crippen molar-refractivity contribution in [2.24, 2.45) is 0 Å². The molecule has 3 heterocycles. The van der Waals surface area contributed by atoms with Crippen molar-refractivity contribution < 1.29 is 18.0 Å². The first-order valence-electron chi connectivity index (χ1n) is 9.45. The van der Waals surface area contributed by atoms with Crippen molar-refractivity contribution in [3.8, 4) is 11.1 Å². The van der Waals surface area contributed by atoms with E-state index in [2.05, 4.69) is 20.2 Å². The molecule has 156 valence electrons. The lowest BCUT2D eigenvalue weighted by Gasteiger charge is -2.36. The van der Waals surface area contributed by atoms with Gasteiger partial charge in [-0.3, -0.25) is 9.89 Å². The van der Waals surface area contributed by atoms with Crippen molar-refractivity contribution in [2.75, 3.05) is 12.3 Å². The van der Waals surface area contributed by atoms with E-state index in [0.29, 0.717) is 35.5 Å². The fraction of sp³-hybridized carbons (Fsp3) is 0.300. The number of hydrogen-bond acceptors (Lipinski definition) is 5. The van der Waals surface area contributed by atoms with Crippen LogP contribution in [0.15, 0.2) is 42.7 Å². The summed E-state index contributed by atoms with van der Waals surface area (Å²) >= 11 is 0. The number of carbonyl (C=O) groups is 1. The maximum absolute atomic E-state index is 13.2. The molecule has 3 N–H and O–H groups in total. The maximum atomic E-state index is 13.2. The van der Waals surface area contributed by atoms with E-state index < -0.39 is 17.8 Å². The Kier molecular flexibility index (Phi) is 5.15. The van der Waals surface area contributed by atoms with Crippen LogP contribution in [-0.2, 0) is 6.18 Å². The van der Waals surface area contributed by atoms with Crippen molar-refractivity contribution in [3.05, 3.63) is 59.7 Å². The van der Waals surface area contributed by atoms with Crippen molar-refractivity contribution in [2.45, 2.75) is 31.5 Å². The largest absolute Gasteiger partial charge is 0.416 e. The van der Waals surface area contributed by atoms with Crippen LogP contribution in [0.1, 0.15) is 47.1 Å². The first-order chi connectivity index (χ1) is 14.3. The third kappa shape index (κ3) is 3.85. The lowest BCUT2D eigenvalue weighted by molar-refractivity contribution is -0.137. The van der Waals surface area contributed by atoms with Crippen LogP contribution < -0.4 is 5.73 Å². The summed E-state index contributed by atoms with van der Waals surface area (Å²) in [5, 5.41) is 6.49. The number of hydrogen-bond donors (Lipinski definition) is 2. The van der Waals surface area contributed by atoms with E-state index >= 15 is 0 Å². The Labute approximate surface area is 170 Å². The summed E-state index contributed by atoms with van der Waals surface area (Å²) in [5.41, 5.74) is 6.56. The van der Waals surface area contributed by atoms with Gasteiger partial charge in [-0.2, -0.15) is 18.3 Å². The van der Waals surface area contributed by atoms with Gasteiger partial charge in [0.15, 0.2) is 0 Å². The number of halogens is 3. The highest BCUT2D eigenvalue weighted by atomic mass is 19.4. The molecule has 1 amide bonds. The maximum Gasteiger partial charge on any atom is 0.416 e. The normalized spacial score (nSPS) is 17.2. The van der Waals surface area contributed by atoms with Crippen LogP contribution in [0.2, 0.25) is 0 Å². The molecule has 1 fully saturated rings. The number of nitrogens with two attached hydrogens (primary N) is 1. The fourth-order valence-corrected chi connectivity index (χ4v) is 3.74. The highest BCUT2D eigenvalue weighted by Crippen LogP contribution is 2.38. The predicted octanol–water partition coefficient (Wildman–Crippen LogP) is 3.84. The number of likely N-dealkylation sites (tertiary alicyclic amines) is 1. The first-order valence-corrected chi connectivity index (χ1v) is 9.45. The number of aromatic amines is 1. The molecule has 0 bridgehead atoms. The Morgan fingerprint density at radius 3 is 2.80 bits per heavy atom. The number of alkyl halides is 3. The standard InChI is InChI=1S/C20H19F3N6O/c21-20(22,23)13-5-3-4-12(10-13)14-11-25-19(24)27-17(14)16-6-1-2-9-29(16)18(30)15-7-8-26-28-15/h3-5,7-8,10-11,16H,1-2,6,9H2,(H,26,28)(H2,24,25,27). The number of rotatable bonds is 3.